The zero-order chi connectivity index (χ0) is 10.6. The van der Waals surface area contributed by atoms with E-state index in [4.69, 9.17) is 5.73 Å². The number of rotatable bonds is 5. The van der Waals surface area contributed by atoms with Crippen LogP contribution in [0, 0.1) is 5.92 Å². The summed E-state index contributed by atoms with van der Waals surface area (Å²) in [5.41, 5.74) is 5.96. The Bertz CT molecular complexity index is 264. The third-order valence-electron chi connectivity index (χ3n) is 2.67. The summed E-state index contributed by atoms with van der Waals surface area (Å²) in [5.74, 6) is 3.01. The van der Waals surface area contributed by atoms with Crippen LogP contribution < -0.4 is 5.73 Å². The molecule has 1 heterocycles. The molecule has 2 unspecified atom stereocenters. The Kier molecular flexibility index (Phi) is 4.73. The zero-order valence-corrected chi connectivity index (χ0v) is 10.2. The molecule has 0 radical (unpaired) electrons. The molecule has 2 atom stereocenters. The highest BCUT2D eigenvalue weighted by Crippen LogP contribution is 2.22. The van der Waals surface area contributed by atoms with Crippen molar-refractivity contribution >= 4 is 21.6 Å². The summed E-state index contributed by atoms with van der Waals surface area (Å²) in [6.45, 7) is 2.12. The van der Waals surface area contributed by atoms with Crippen LogP contribution >= 0.6 is 11.8 Å². The third-order valence-corrected chi connectivity index (χ3v) is 5.40. The molecule has 0 aromatic heterocycles. The quantitative estimate of drug-likeness (QED) is 0.722. The van der Waals surface area contributed by atoms with Gasteiger partial charge in [-0.2, -0.15) is 11.8 Å². The van der Waals surface area contributed by atoms with Crippen LogP contribution in [0.3, 0.4) is 0 Å². The van der Waals surface area contributed by atoms with Gasteiger partial charge >= 0.3 is 0 Å². The predicted octanol–water partition coefficient (Wildman–Crippen LogP) is 0.892. The summed E-state index contributed by atoms with van der Waals surface area (Å²) in [4.78, 5) is 0. The Balaban J connectivity index is 2.29. The molecule has 1 saturated heterocycles. The monoisotopic (exact) mass is 237 g/mol. The molecule has 0 aliphatic carbocycles. The molecule has 1 fully saturated rings. The second kappa shape index (κ2) is 5.37. The van der Waals surface area contributed by atoms with E-state index >= 15 is 0 Å². The van der Waals surface area contributed by atoms with Crippen molar-refractivity contribution in [1.29, 1.82) is 0 Å². The maximum Gasteiger partial charge on any atom is 0.150 e. The highest BCUT2D eigenvalue weighted by atomic mass is 32.2. The van der Waals surface area contributed by atoms with Gasteiger partial charge in [0.15, 0.2) is 9.84 Å². The van der Waals surface area contributed by atoms with E-state index < -0.39 is 9.84 Å². The predicted molar refractivity (Wildman–Crippen MR) is 62.4 cm³/mol. The first kappa shape index (κ1) is 12.3. The Morgan fingerprint density at radius 1 is 1.57 bits per heavy atom. The lowest BCUT2D eigenvalue weighted by Crippen LogP contribution is -2.31. The Labute approximate surface area is 90.7 Å². The fourth-order valence-corrected chi connectivity index (χ4v) is 4.38. The Hall–Kier alpha value is 0.260. The minimum Gasteiger partial charge on any atom is -0.327 e. The van der Waals surface area contributed by atoms with Gasteiger partial charge in [0, 0.05) is 6.04 Å². The topological polar surface area (TPSA) is 60.2 Å². The van der Waals surface area contributed by atoms with Crippen molar-refractivity contribution in [2.45, 2.75) is 25.8 Å². The highest BCUT2D eigenvalue weighted by molar-refractivity contribution is 7.99. The number of sulfone groups is 1. The van der Waals surface area contributed by atoms with Crippen molar-refractivity contribution in [3.05, 3.63) is 0 Å². The number of hydrogen-bond acceptors (Lipinski definition) is 4. The Morgan fingerprint density at radius 3 is 2.79 bits per heavy atom. The summed E-state index contributed by atoms with van der Waals surface area (Å²) >= 11 is 1.87. The van der Waals surface area contributed by atoms with E-state index in [-0.39, 0.29) is 12.0 Å². The average molecular weight is 237 g/mol. The van der Waals surface area contributed by atoms with Crippen LogP contribution in [-0.4, -0.2) is 37.5 Å². The second-order valence-electron chi connectivity index (χ2n) is 3.81. The van der Waals surface area contributed by atoms with Crippen LogP contribution in [0.5, 0.6) is 0 Å². The number of hydrogen-bond donors (Lipinski definition) is 1. The van der Waals surface area contributed by atoms with E-state index in [0.29, 0.717) is 11.5 Å². The molecule has 3 nitrogen and oxygen atoms in total. The van der Waals surface area contributed by atoms with E-state index in [0.717, 1.165) is 24.3 Å². The molecule has 1 aliphatic heterocycles. The van der Waals surface area contributed by atoms with Gasteiger partial charge in [0.05, 0.1) is 11.5 Å². The standard InChI is InChI=1S/C9H19NO2S2/c1-2-13-5-3-9(10)8-4-6-14(11,12)7-8/h8-9H,2-7,10H2,1H3. The fourth-order valence-electron chi connectivity index (χ4n) is 1.76. The molecule has 0 aromatic rings. The van der Waals surface area contributed by atoms with Gasteiger partial charge in [0.2, 0.25) is 0 Å². The molecule has 0 aromatic carbocycles. The van der Waals surface area contributed by atoms with Crippen LogP contribution in [0.2, 0.25) is 0 Å². The third kappa shape index (κ3) is 3.79. The van der Waals surface area contributed by atoms with Crippen LogP contribution in [0.4, 0.5) is 0 Å². The molecule has 2 N–H and O–H groups in total. The van der Waals surface area contributed by atoms with Crippen molar-refractivity contribution in [3.63, 3.8) is 0 Å². The first-order valence-corrected chi connectivity index (χ1v) is 8.06. The minimum atomic E-state index is -2.76. The lowest BCUT2D eigenvalue weighted by Gasteiger charge is -2.16. The summed E-state index contributed by atoms with van der Waals surface area (Å²) in [6.07, 6.45) is 1.71. The van der Waals surface area contributed by atoms with Gasteiger partial charge in [0.25, 0.3) is 0 Å². The molecule has 1 aliphatic rings. The zero-order valence-electron chi connectivity index (χ0n) is 8.61. The van der Waals surface area contributed by atoms with Crippen molar-refractivity contribution in [2.75, 3.05) is 23.0 Å². The minimum absolute atomic E-state index is 0.0753. The van der Waals surface area contributed by atoms with Gasteiger partial charge in [-0.3, -0.25) is 0 Å². The maximum atomic E-state index is 11.2. The molecular weight excluding hydrogens is 218 g/mol. The summed E-state index contributed by atoms with van der Waals surface area (Å²) in [5, 5.41) is 0. The van der Waals surface area contributed by atoms with Crippen LogP contribution in [0.25, 0.3) is 0 Å². The van der Waals surface area contributed by atoms with Crippen LogP contribution in [0.15, 0.2) is 0 Å². The van der Waals surface area contributed by atoms with E-state index in [9.17, 15) is 8.42 Å². The van der Waals surface area contributed by atoms with Gasteiger partial charge in [-0.15, -0.1) is 0 Å². The van der Waals surface area contributed by atoms with Gasteiger partial charge in [-0.25, -0.2) is 8.42 Å². The second-order valence-corrected chi connectivity index (χ2v) is 7.44. The lowest BCUT2D eigenvalue weighted by atomic mass is 9.98. The van der Waals surface area contributed by atoms with Crippen molar-refractivity contribution in [3.8, 4) is 0 Å². The van der Waals surface area contributed by atoms with Crippen molar-refractivity contribution < 1.29 is 8.42 Å². The average Bonchev–Trinajstić information content (AvgIpc) is 2.46. The largest absolute Gasteiger partial charge is 0.327 e. The van der Waals surface area contributed by atoms with E-state index in [1.807, 2.05) is 11.8 Å². The van der Waals surface area contributed by atoms with E-state index in [1.165, 1.54) is 0 Å². The van der Waals surface area contributed by atoms with E-state index in [1.54, 1.807) is 0 Å². The normalized spacial score (nSPS) is 27.7. The van der Waals surface area contributed by atoms with Crippen molar-refractivity contribution in [2.24, 2.45) is 11.7 Å². The maximum absolute atomic E-state index is 11.2. The molecule has 1 rings (SSSR count). The van der Waals surface area contributed by atoms with Crippen molar-refractivity contribution in [1.82, 2.24) is 0 Å². The van der Waals surface area contributed by atoms with Crippen LogP contribution in [0.1, 0.15) is 19.8 Å². The Morgan fingerprint density at radius 2 is 2.29 bits per heavy atom. The number of nitrogens with two attached hydrogens (primary N) is 1. The molecular formula is C9H19NO2S2. The molecule has 84 valence electrons. The molecule has 0 saturated carbocycles. The molecule has 0 amide bonds. The number of thioether (sulfide) groups is 1. The summed E-state index contributed by atoms with van der Waals surface area (Å²) in [7, 11) is -2.76. The smallest absolute Gasteiger partial charge is 0.150 e. The lowest BCUT2D eigenvalue weighted by molar-refractivity contribution is 0.455. The fraction of sp³-hybridized carbons (Fsp3) is 1.00. The SMILES string of the molecule is CCSCCC(N)C1CCS(=O)(=O)C1. The first-order valence-electron chi connectivity index (χ1n) is 5.09. The molecule has 0 bridgehead atoms. The molecule has 0 spiro atoms. The van der Waals surface area contributed by atoms with Crippen LogP contribution in [-0.2, 0) is 9.84 Å². The van der Waals surface area contributed by atoms with Gasteiger partial charge in [0.1, 0.15) is 0 Å². The van der Waals surface area contributed by atoms with Gasteiger partial charge in [-0.1, -0.05) is 6.92 Å². The van der Waals surface area contributed by atoms with Gasteiger partial charge in [-0.05, 0) is 30.3 Å². The highest BCUT2D eigenvalue weighted by Gasteiger charge is 2.31. The molecule has 14 heavy (non-hydrogen) atoms. The summed E-state index contributed by atoms with van der Waals surface area (Å²) in [6, 6.07) is 0.0753. The summed E-state index contributed by atoms with van der Waals surface area (Å²) < 4.78 is 22.4. The first-order chi connectivity index (χ1) is 6.55. The molecule has 5 heteroatoms. The van der Waals surface area contributed by atoms with E-state index in [2.05, 4.69) is 6.92 Å². The van der Waals surface area contributed by atoms with Gasteiger partial charge < -0.3 is 5.73 Å².